The monoisotopic (exact) mass is 239 g/mol. The average molecular weight is 240 g/mol. The Labute approximate surface area is 102 Å². The molecule has 3 heteroatoms. The van der Waals surface area contributed by atoms with Gasteiger partial charge in [-0.25, -0.2) is 0 Å². The number of rotatable bonds is 2. The summed E-state index contributed by atoms with van der Waals surface area (Å²) in [6, 6.07) is 8.14. The second kappa shape index (κ2) is 4.74. The molecule has 1 saturated carbocycles. The molecule has 2 N–H and O–H groups in total. The minimum absolute atomic E-state index is 0.530. The highest BCUT2D eigenvalue weighted by Gasteiger charge is 2.35. The van der Waals surface area contributed by atoms with Crippen molar-refractivity contribution in [1.82, 2.24) is 5.32 Å². The molecule has 1 fully saturated rings. The van der Waals surface area contributed by atoms with Gasteiger partial charge in [0, 0.05) is 16.6 Å². The summed E-state index contributed by atoms with van der Waals surface area (Å²) in [5.41, 5.74) is 0.150. The number of aliphatic hydroxyl groups is 1. The largest absolute Gasteiger partial charge is 0.385 e. The number of hydrogen-bond acceptors (Lipinski definition) is 2. The van der Waals surface area contributed by atoms with E-state index in [9.17, 15) is 5.11 Å². The minimum atomic E-state index is -0.730. The summed E-state index contributed by atoms with van der Waals surface area (Å²) in [6.45, 7) is 0. The standard InChI is InChI=1S/C13H18ClNO/c1-15-10-6-8-13(16,9-7-10)11-4-2-3-5-12(11)14/h2-5,10,15-16H,6-9H2,1H3. The van der Waals surface area contributed by atoms with Crippen molar-refractivity contribution >= 4 is 11.6 Å². The Morgan fingerprint density at radius 3 is 2.50 bits per heavy atom. The topological polar surface area (TPSA) is 32.3 Å². The van der Waals surface area contributed by atoms with Crippen molar-refractivity contribution in [3.05, 3.63) is 34.9 Å². The van der Waals surface area contributed by atoms with Gasteiger partial charge >= 0.3 is 0 Å². The van der Waals surface area contributed by atoms with E-state index in [0.717, 1.165) is 31.2 Å². The van der Waals surface area contributed by atoms with E-state index in [2.05, 4.69) is 5.32 Å². The molecule has 0 saturated heterocycles. The first kappa shape index (κ1) is 11.9. The van der Waals surface area contributed by atoms with Gasteiger partial charge in [-0.15, -0.1) is 0 Å². The maximum Gasteiger partial charge on any atom is 0.0912 e. The first-order valence-corrected chi connectivity index (χ1v) is 6.18. The van der Waals surface area contributed by atoms with E-state index in [0.29, 0.717) is 11.1 Å². The molecule has 0 aromatic heterocycles. The molecule has 1 aromatic rings. The smallest absolute Gasteiger partial charge is 0.0912 e. The van der Waals surface area contributed by atoms with Crippen LogP contribution in [-0.2, 0) is 5.60 Å². The van der Waals surface area contributed by atoms with Crippen molar-refractivity contribution in [2.24, 2.45) is 0 Å². The molecule has 0 heterocycles. The van der Waals surface area contributed by atoms with Gasteiger partial charge in [-0.2, -0.15) is 0 Å². The highest BCUT2D eigenvalue weighted by molar-refractivity contribution is 6.31. The Balaban J connectivity index is 2.18. The van der Waals surface area contributed by atoms with Crippen LogP contribution in [0, 0.1) is 0 Å². The van der Waals surface area contributed by atoms with Gasteiger partial charge in [0.1, 0.15) is 0 Å². The molecule has 1 aromatic carbocycles. The highest BCUT2D eigenvalue weighted by Crippen LogP contribution is 2.39. The fourth-order valence-electron chi connectivity index (χ4n) is 2.49. The third-order valence-corrected chi connectivity index (χ3v) is 3.93. The van der Waals surface area contributed by atoms with E-state index >= 15 is 0 Å². The van der Waals surface area contributed by atoms with Crippen molar-refractivity contribution < 1.29 is 5.11 Å². The molecule has 88 valence electrons. The molecule has 1 aliphatic rings. The highest BCUT2D eigenvalue weighted by atomic mass is 35.5. The lowest BCUT2D eigenvalue weighted by atomic mass is 9.78. The fourth-order valence-corrected chi connectivity index (χ4v) is 2.80. The zero-order chi connectivity index (χ0) is 11.6. The molecule has 2 rings (SSSR count). The zero-order valence-corrected chi connectivity index (χ0v) is 10.3. The van der Waals surface area contributed by atoms with E-state index in [1.54, 1.807) is 0 Å². The van der Waals surface area contributed by atoms with Gasteiger partial charge in [0.15, 0.2) is 0 Å². The molecular formula is C13H18ClNO. The summed E-state index contributed by atoms with van der Waals surface area (Å²) in [4.78, 5) is 0. The summed E-state index contributed by atoms with van der Waals surface area (Å²) in [7, 11) is 1.98. The lowest BCUT2D eigenvalue weighted by Crippen LogP contribution is -2.38. The Morgan fingerprint density at radius 1 is 1.31 bits per heavy atom. The molecule has 0 radical (unpaired) electrons. The van der Waals surface area contributed by atoms with Crippen LogP contribution in [0.4, 0.5) is 0 Å². The molecule has 0 spiro atoms. The lowest BCUT2D eigenvalue weighted by Gasteiger charge is -2.36. The van der Waals surface area contributed by atoms with Gasteiger partial charge in [-0.05, 0) is 38.8 Å². The summed E-state index contributed by atoms with van der Waals surface area (Å²) < 4.78 is 0. The van der Waals surface area contributed by atoms with Crippen LogP contribution in [0.5, 0.6) is 0 Å². The van der Waals surface area contributed by atoms with Crippen LogP contribution >= 0.6 is 11.6 Å². The average Bonchev–Trinajstić information content (AvgIpc) is 2.30. The molecular weight excluding hydrogens is 222 g/mol. The van der Waals surface area contributed by atoms with Crippen LogP contribution in [-0.4, -0.2) is 18.2 Å². The van der Waals surface area contributed by atoms with Crippen LogP contribution in [0.25, 0.3) is 0 Å². The second-order valence-corrected chi connectivity index (χ2v) is 4.98. The van der Waals surface area contributed by atoms with Gasteiger partial charge in [-0.3, -0.25) is 0 Å². The molecule has 0 bridgehead atoms. The van der Waals surface area contributed by atoms with E-state index in [1.807, 2.05) is 31.3 Å². The van der Waals surface area contributed by atoms with E-state index in [-0.39, 0.29) is 0 Å². The predicted molar refractivity (Wildman–Crippen MR) is 66.7 cm³/mol. The Morgan fingerprint density at radius 2 is 1.94 bits per heavy atom. The van der Waals surface area contributed by atoms with Crippen LogP contribution in [0.2, 0.25) is 5.02 Å². The molecule has 0 aliphatic heterocycles. The summed E-state index contributed by atoms with van der Waals surface area (Å²) in [5, 5.41) is 14.6. The SMILES string of the molecule is CNC1CCC(O)(c2ccccc2Cl)CC1. The van der Waals surface area contributed by atoms with Gasteiger partial charge in [0.2, 0.25) is 0 Å². The maximum atomic E-state index is 10.6. The minimum Gasteiger partial charge on any atom is -0.385 e. The van der Waals surface area contributed by atoms with E-state index < -0.39 is 5.60 Å². The fraction of sp³-hybridized carbons (Fsp3) is 0.538. The van der Waals surface area contributed by atoms with Crippen molar-refractivity contribution in [2.75, 3.05) is 7.05 Å². The summed E-state index contributed by atoms with van der Waals surface area (Å²) in [5.74, 6) is 0. The summed E-state index contributed by atoms with van der Waals surface area (Å²) in [6.07, 6.45) is 3.56. The Hall–Kier alpha value is -0.570. The molecule has 1 aliphatic carbocycles. The van der Waals surface area contributed by atoms with Crippen molar-refractivity contribution in [2.45, 2.75) is 37.3 Å². The van der Waals surface area contributed by atoms with Crippen LogP contribution in [0.3, 0.4) is 0 Å². The third kappa shape index (κ3) is 2.24. The Kier molecular flexibility index (Phi) is 3.53. The number of halogens is 1. The molecule has 16 heavy (non-hydrogen) atoms. The first-order chi connectivity index (χ1) is 7.65. The molecule has 0 amide bonds. The zero-order valence-electron chi connectivity index (χ0n) is 9.54. The van der Waals surface area contributed by atoms with Gasteiger partial charge in [-0.1, -0.05) is 29.8 Å². The van der Waals surface area contributed by atoms with Crippen molar-refractivity contribution in [3.8, 4) is 0 Å². The van der Waals surface area contributed by atoms with Crippen molar-refractivity contribution in [3.63, 3.8) is 0 Å². The lowest BCUT2D eigenvalue weighted by molar-refractivity contribution is -0.00753. The van der Waals surface area contributed by atoms with Crippen LogP contribution in [0.15, 0.2) is 24.3 Å². The first-order valence-electron chi connectivity index (χ1n) is 5.80. The Bertz CT molecular complexity index is 359. The van der Waals surface area contributed by atoms with Gasteiger partial charge < -0.3 is 10.4 Å². The normalized spacial score (nSPS) is 30.3. The molecule has 0 atom stereocenters. The van der Waals surface area contributed by atoms with Crippen LogP contribution < -0.4 is 5.32 Å². The van der Waals surface area contributed by atoms with E-state index in [1.165, 1.54) is 0 Å². The number of nitrogens with one attached hydrogen (secondary N) is 1. The van der Waals surface area contributed by atoms with Gasteiger partial charge in [0.05, 0.1) is 5.60 Å². The molecule has 0 unspecified atom stereocenters. The second-order valence-electron chi connectivity index (χ2n) is 4.57. The number of benzene rings is 1. The maximum absolute atomic E-state index is 10.6. The predicted octanol–water partition coefficient (Wildman–Crippen LogP) is 2.69. The van der Waals surface area contributed by atoms with Crippen LogP contribution in [0.1, 0.15) is 31.2 Å². The van der Waals surface area contributed by atoms with Crippen molar-refractivity contribution in [1.29, 1.82) is 0 Å². The quantitative estimate of drug-likeness (QED) is 0.832. The van der Waals surface area contributed by atoms with Gasteiger partial charge in [0.25, 0.3) is 0 Å². The summed E-state index contributed by atoms with van der Waals surface area (Å²) >= 11 is 6.14. The number of hydrogen-bond donors (Lipinski definition) is 2. The third-order valence-electron chi connectivity index (χ3n) is 3.60. The molecule has 2 nitrogen and oxygen atoms in total. The van der Waals surface area contributed by atoms with E-state index in [4.69, 9.17) is 11.6 Å².